The molecule has 4 rings (SSSR count). The van der Waals surface area contributed by atoms with Gasteiger partial charge in [-0.3, -0.25) is 9.48 Å². The van der Waals surface area contributed by atoms with Crippen LogP contribution in [0.1, 0.15) is 16.1 Å². The standard InChI is InChI=1S/C23H27N5O/c1-17-4-6-18(7-5-17)22-16-21(25-27(22)3)23(29)24-19-8-10-20(11-9-19)28-14-12-26(2)13-15-28/h4-11,16H,12-15H2,1-3H3,(H,24,29). The van der Waals surface area contributed by atoms with Crippen LogP contribution < -0.4 is 10.2 Å². The van der Waals surface area contributed by atoms with E-state index in [4.69, 9.17) is 0 Å². The van der Waals surface area contributed by atoms with Crippen molar-refractivity contribution in [1.29, 1.82) is 0 Å². The molecule has 0 atom stereocenters. The van der Waals surface area contributed by atoms with Crippen LogP contribution in [0.25, 0.3) is 11.3 Å². The first kappa shape index (κ1) is 19.2. The van der Waals surface area contributed by atoms with Crippen molar-refractivity contribution in [2.45, 2.75) is 6.92 Å². The highest BCUT2D eigenvalue weighted by Crippen LogP contribution is 2.22. The lowest BCUT2D eigenvalue weighted by molar-refractivity contribution is 0.102. The van der Waals surface area contributed by atoms with E-state index in [1.54, 1.807) is 4.68 Å². The number of rotatable bonds is 4. The van der Waals surface area contributed by atoms with E-state index in [0.717, 1.165) is 43.1 Å². The van der Waals surface area contributed by atoms with Crippen LogP contribution in [0.3, 0.4) is 0 Å². The molecule has 3 aromatic rings. The molecule has 0 spiro atoms. The summed E-state index contributed by atoms with van der Waals surface area (Å²) in [6.07, 6.45) is 0. The smallest absolute Gasteiger partial charge is 0.276 e. The van der Waals surface area contributed by atoms with Gasteiger partial charge < -0.3 is 15.1 Å². The summed E-state index contributed by atoms with van der Waals surface area (Å²) >= 11 is 0. The van der Waals surface area contributed by atoms with Crippen molar-refractivity contribution < 1.29 is 4.79 Å². The number of likely N-dealkylation sites (N-methyl/N-ethyl adjacent to an activating group) is 1. The summed E-state index contributed by atoms with van der Waals surface area (Å²) in [4.78, 5) is 17.4. The normalized spacial score (nSPS) is 14.8. The van der Waals surface area contributed by atoms with Crippen molar-refractivity contribution in [3.8, 4) is 11.3 Å². The number of carbonyl (C=O) groups excluding carboxylic acids is 1. The summed E-state index contributed by atoms with van der Waals surface area (Å²) < 4.78 is 1.75. The highest BCUT2D eigenvalue weighted by Gasteiger charge is 2.16. The topological polar surface area (TPSA) is 53.4 Å². The average molecular weight is 390 g/mol. The molecular formula is C23H27N5O. The fraction of sp³-hybridized carbons (Fsp3) is 0.304. The largest absolute Gasteiger partial charge is 0.369 e. The second-order valence-corrected chi connectivity index (χ2v) is 7.70. The van der Waals surface area contributed by atoms with Crippen molar-refractivity contribution in [2.75, 3.05) is 43.4 Å². The third-order valence-electron chi connectivity index (χ3n) is 5.45. The van der Waals surface area contributed by atoms with Crippen LogP contribution in [-0.4, -0.2) is 53.8 Å². The third-order valence-corrected chi connectivity index (χ3v) is 5.45. The number of hydrogen-bond donors (Lipinski definition) is 1. The van der Waals surface area contributed by atoms with Crippen molar-refractivity contribution in [3.63, 3.8) is 0 Å². The lowest BCUT2D eigenvalue weighted by Crippen LogP contribution is -2.44. The molecule has 29 heavy (non-hydrogen) atoms. The SMILES string of the molecule is Cc1ccc(-c2cc(C(=O)Nc3ccc(N4CCN(C)CC4)cc3)nn2C)cc1. The molecule has 6 heteroatoms. The van der Waals surface area contributed by atoms with Gasteiger partial charge in [0.1, 0.15) is 0 Å². The van der Waals surface area contributed by atoms with Crippen LogP contribution in [0.15, 0.2) is 54.6 Å². The summed E-state index contributed by atoms with van der Waals surface area (Å²) in [6.45, 7) is 6.25. The molecule has 2 aromatic carbocycles. The Morgan fingerprint density at radius 2 is 1.59 bits per heavy atom. The van der Waals surface area contributed by atoms with Gasteiger partial charge in [0, 0.05) is 44.6 Å². The minimum Gasteiger partial charge on any atom is -0.369 e. The molecule has 0 saturated carbocycles. The molecule has 0 bridgehead atoms. The van der Waals surface area contributed by atoms with Gasteiger partial charge in [0.05, 0.1) is 5.69 Å². The molecule has 1 saturated heterocycles. The molecule has 6 nitrogen and oxygen atoms in total. The minimum atomic E-state index is -0.202. The zero-order chi connectivity index (χ0) is 20.4. The number of aromatic nitrogens is 2. The van der Waals surface area contributed by atoms with Gasteiger partial charge in [-0.2, -0.15) is 5.10 Å². The van der Waals surface area contributed by atoms with E-state index in [1.165, 1.54) is 11.3 Å². The Kier molecular flexibility index (Phi) is 5.36. The number of piperazine rings is 1. The number of aryl methyl sites for hydroxylation is 2. The van der Waals surface area contributed by atoms with Crippen LogP contribution in [0, 0.1) is 6.92 Å². The van der Waals surface area contributed by atoms with Gasteiger partial charge in [-0.05, 0) is 49.9 Å². The van der Waals surface area contributed by atoms with E-state index >= 15 is 0 Å². The Labute approximate surface area is 171 Å². The maximum atomic E-state index is 12.7. The first-order valence-corrected chi connectivity index (χ1v) is 9.95. The average Bonchev–Trinajstić information content (AvgIpc) is 3.12. The molecular weight excluding hydrogens is 362 g/mol. The number of hydrogen-bond acceptors (Lipinski definition) is 4. The minimum absolute atomic E-state index is 0.202. The second kappa shape index (κ2) is 8.09. The summed E-state index contributed by atoms with van der Waals surface area (Å²) in [5, 5.41) is 7.35. The molecule has 150 valence electrons. The van der Waals surface area contributed by atoms with E-state index in [-0.39, 0.29) is 5.91 Å². The van der Waals surface area contributed by atoms with Crippen LogP contribution in [0.4, 0.5) is 11.4 Å². The summed E-state index contributed by atoms with van der Waals surface area (Å²) in [5.74, 6) is -0.202. The molecule has 0 unspecified atom stereocenters. The number of amides is 1. The molecule has 1 aromatic heterocycles. The van der Waals surface area contributed by atoms with Crippen LogP contribution in [0.2, 0.25) is 0 Å². The van der Waals surface area contributed by atoms with Crippen LogP contribution in [-0.2, 0) is 7.05 Å². The molecule has 0 aliphatic carbocycles. The van der Waals surface area contributed by atoms with Gasteiger partial charge in [-0.1, -0.05) is 29.8 Å². The summed E-state index contributed by atoms with van der Waals surface area (Å²) in [6, 6.07) is 18.1. The fourth-order valence-electron chi connectivity index (χ4n) is 3.59. The number of nitrogens with one attached hydrogen (secondary N) is 1. The molecule has 1 fully saturated rings. The number of benzene rings is 2. The van der Waals surface area contributed by atoms with Gasteiger partial charge in [-0.15, -0.1) is 0 Å². The molecule has 2 heterocycles. The zero-order valence-electron chi connectivity index (χ0n) is 17.2. The van der Waals surface area contributed by atoms with Crippen LogP contribution >= 0.6 is 0 Å². The van der Waals surface area contributed by atoms with Gasteiger partial charge >= 0.3 is 0 Å². The van der Waals surface area contributed by atoms with E-state index < -0.39 is 0 Å². The quantitative estimate of drug-likeness (QED) is 0.743. The van der Waals surface area contributed by atoms with Crippen molar-refractivity contribution in [2.24, 2.45) is 7.05 Å². The maximum absolute atomic E-state index is 12.7. The molecule has 1 N–H and O–H groups in total. The Morgan fingerprint density at radius 1 is 0.931 bits per heavy atom. The van der Waals surface area contributed by atoms with E-state index in [0.29, 0.717) is 5.69 Å². The van der Waals surface area contributed by atoms with Gasteiger partial charge in [0.15, 0.2) is 5.69 Å². The summed E-state index contributed by atoms with van der Waals surface area (Å²) in [7, 11) is 4.01. The van der Waals surface area contributed by atoms with Crippen molar-refractivity contribution >= 4 is 17.3 Å². The first-order chi connectivity index (χ1) is 14.0. The Morgan fingerprint density at radius 3 is 2.24 bits per heavy atom. The van der Waals surface area contributed by atoms with Gasteiger partial charge in [0.2, 0.25) is 0 Å². The number of carbonyl (C=O) groups is 1. The highest BCUT2D eigenvalue weighted by atomic mass is 16.1. The number of anilines is 2. The Hall–Kier alpha value is -3.12. The van der Waals surface area contributed by atoms with E-state index in [9.17, 15) is 4.79 Å². The monoisotopic (exact) mass is 389 g/mol. The zero-order valence-corrected chi connectivity index (χ0v) is 17.2. The highest BCUT2D eigenvalue weighted by molar-refractivity contribution is 6.03. The molecule has 0 radical (unpaired) electrons. The lowest BCUT2D eigenvalue weighted by Gasteiger charge is -2.34. The molecule has 1 amide bonds. The predicted molar refractivity (Wildman–Crippen MR) is 117 cm³/mol. The third kappa shape index (κ3) is 4.32. The Bertz CT molecular complexity index is 983. The maximum Gasteiger partial charge on any atom is 0.276 e. The van der Waals surface area contributed by atoms with E-state index in [1.807, 2.05) is 37.4 Å². The first-order valence-electron chi connectivity index (χ1n) is 9.95. The summed E-state index contributed by atoms with van der Waals surface area (Å²) in [5.41, 5.74) is 5.54. The molecule has 1 aliphatic rings. The van der Waals surface area contributed by atoms with Crippen molar-refractivity contribution in [1.82, 2.24) is 14.7 Å². The second-order valence-electron chi connectivity index (χ2n) is 7.70. The van der Waals surface area contributed by atoms with Crippen LogP contribution in [0.5, 0.6) is 0 Å². The van der Waals surface area contributed by atoms with E-state index in [2.05, 4.69) is 58.5 Å². The van der Waals surface area contributed by atoms with Gasteiger partial charge in [0.25, 0.3) is 5.91 Å². The lowest BCUT2D eigenvalue weighted by atomic mass is 10.1. The predicted octanol–water partition coefficient (Wildman–Crippen LogP) is 3.40. The molecule has 1 aliphatic heterocycles. The number of nitrogens with zero attached hydrogens (tertiary/aromatic N) is 4. The van der Waals surface area contributed by atoms with Gasteiger partial charge in [-0.25, -0.2) is 0 Å². The van der Waals surface area contributed by atoms with Crippen molar-refractivity contribution in [3.05, 3.63) is 65.9 Å². The fourth-order valence-corrected chi connectivity index (χ4v) is 3.59. The Balaban J connectivity index is 1.44.